The molecule has 21 heavy (non-hydrogen) atoms. The number of carbonyl (C=O) groups excluding carboxylic acids is 1. The average Bonchev–Trinajstić information content (AvgIpc) is 2.50. The Balaban J connectivity index is 2.89. The van der Waals surface area contributed by atoms with E-state index in [0.717, 1.165) is 6.42 Å². The number of carbonyl (C=O) groups is 1. The second-order valence-corrected chi connectivity index (χ2v) is 5.24. The third-order valence-electron chi connectivity index (χ3n) is 2.85. The summed E-state index contributed by atoms with van der Waals surface area (Å²) in [7, 11) is 3.24. The van der Waals surface area contributed by atoms with Crippen molar-refractivity contribution in [2.75, 3.05) is 45.9 Å². The lowest BCUT2D eigenvalue weighted by atomic mass is 10.2. The summed E-state index contributed by atoms with van der Waals surface area (Å²) in [5, 5.41) is 0. The zero-order valence-electron chi connectivity index (χ0n) is 12.3. The van der Waals surface area contributed by atoms with Crippen LogP contribution in [0.4, 0.5) is 5.82 Å². The largest absolute Gasteiger partial charge is 0.385 e. The Kier molecular flexibility index (Phi) is 8.21. The molecule has 0 atom stereocenters. The van der Waals surface area contributed by atoms with Gasteiger partial charge in [-0.05, 0) is 28.4 Å². The van der Waals surface area contributed by atoms with Crippen LogP contribution in [-0.2, 0) is 9.47 Å². The number of hydrazine groups is 1. The fourth-order valence-electron chi connectivity index (χ4n) is 1.80. The smallest absolute Gasteiger partial charge is 0.257 e. The number of methoxy groups -OCH3 is 2. The number of nitrogens with zero attached hydrogens (tertiary/aromatic N) is 2. The molecule has 1 amide bonds. The zero-order chi connectivity index (χ0) is 15.7. The van der Waals surface area contributed by atoms with Crippen molar-refractivity contribution >= 4 is 27.7 Å². The topological polar surface area (TPSA) is 89.7 Å². The van der Waals surface area contributed by atoms with Crippen LogP contribution in [-0.4, -0.2) is 56.3 Å². The highest BCUT2D eigenvalue weighted by Crippen LogP contribution is 2.19. The van der Waals surface area contributed by atoms with E-state index in [2.05, 4.69) is 26.3 Å². The number of rotatable bonds is 9. The molecule has 0 bridgehead atoms. The van der Waals surface area contributed by atoms with Crippen molar-refractivity contribution in [3.05, 3.63) is 22.3 Å². The molecular formula is C13H21BrN4O3. The highest BCUT2D eigenvalue weighted by Gasteiger charge is 2.19. The van der Waals surface area contributed by atoms with Crippen molar-refractivity contribution in [2.24, 2.45) is 5.84 Å². The van der Waals surface area contributed by atoms with Crippen molar-refractivity contribution in [1.82, 2.24) is 9.88 Å². The van der Waals surface area contributed by atoms with E-state index in [9.17, 15) is 4.79 Å². The van der Waals surface area contributed by atoms with Crippen molar-refractivity contribution in [3.8, 4) is 0 Å². The maximum absolute atomic E-state index is 12.7. The first kappa shape index (κ1) is 17.8. The van der Waals surface area contributed by atoms with Gasteiger partial charge in [0, 0.05) is 44.6 Å². The monoisotopic (exact) mass is 360 g/mol. The van der Waals surface area contributed by atoms with Gasteiger partial charge in [0.1, 0.15) is 0 Å². The summed E-state index contributed by atoms with van der Waals surface area (Å²) in [6.07, 6.45) is 2.33. The van der Waals surface area contributed by atoms with Crippen molar-refractivity contribution in [2.45, 2.75) is 6.42 Å². The van der Waals surface area contributed by atoms with E-state index in [0.29, 0.717) is 42.2 Å². The second kappa shape index (κ2) is 9.67. The van der Waals surface area contributed by atoms with E-state index in [1.54, 1.807) is 31.4 Å². The predicted octanol–water partition coefficient (Wildman–Crippen LogP) is 1.25. The SMILES string of the molecule is COCCCN(CCOC)C(=O)c1cc(Br)cnc1NN. The summed E-state index contributed by atoms with van der Waals surface area (Å²) < 4.78 is 10.8. The minimum Gasteiger partial charge on any atom is -0.385 e. The van der Waals surface area contributed by atoms with Crippen LogP contribution in [0.15, 0.2) is 16.7 Å². The Labute approximate surface area is 132 Å². The molecule has 1 rings (SSSR count). The van der Waals surface area contributed by atoms with Gasteiger partial charge >= 0.3 is 0 Å². The van der Waals surface area contributed by atoms with E-state index < -0.39 is 0 Å². The number of hydrogen-bond acceptors (Lipinski definition) is 6. The summed E-state index contributed by atoms with van der Waals surface area (Å²) >= 11 is 3.31. The third kappa shape index (κ3) is 5.58. The van der Waals surface area contributed by atoms with Crippen molar-refractivity contribution in [3.63, 3.8) is 0 Å². The molecular weight excluding hydrogens is 340 g/mol. The molecule has 1 heterocycles. The first-order valence-corrected chi connectivity index (χ1v) is 7.32. The van der Waals surface area contributed by atoms with Crippen LogP contribution >= 0.6 is 15.9 Å². The molecule has 3 N–H and O–H groups in total. The van der Waals surface area contributed by atoms with Gasteiger partial charge < -0.3 is 19.8 Å². The lowest BCUT2D eigenvalue weighted by Gasteiger charge is -2.23. The van der Waals surface area contributed by atoms with Crippen molar-refractivity contribution in [1.29, 1.82) is 0 Å². The fourth-order valence-corrected chi connectivity index (χ4v) is 2.14. The molecule has 0 aliphatic carbocycles. The van der Waals surface area contributed by atoms with Gasteiger partial charge in [-0.15, -0.1) is 0 Å². The second-order valence-electron chi connectivity index (χ2n) is 4.33. The zero-order valence-corrected chi connectivity index (χ0v) is 13.9. The molecule has 0 aliphatic heterocycles. The average molecular weight is 361 g/mol. The van der Waals surface area contributed by atoms with Crippen LogP contribution in [0.1, 0.15) is 16.8 Å². The number of amides is 1. The number of anilines is 1. The molecule has 1 aromatic rings. The van der Waals surface area contributed by atoms with Gasteiger partial charge in [0.25, 0.3) is 5.91 Å². The van der Waals surface area contributed by atoms with E-state index in [1.165, 1.54) is 0 Å². The molecule has 0 aromatic carbocycles. The van der Waals surface area contributed by atoms with E-state index in [4.69, 9.17) is 15.3 Å². The standard InChI is InChI=1S/C13H21BrN4O3/c1-20-6-3-4-18(5-7-21-2)13(19)11-8-10(14)9-16-12(11)17-15/h8-9H,3-7,15H2,1-2H3,(H,16,17). The predicted molar refractivity (Wildman–Crippen MR) is 84.0 cm³/mol. The van der Waals surface area contributed by atoms with Gasteiger partial charge in [-0.2, -0.15) is 0 Å². The molecule has 0 saturated carbocycles. The molecule has 0 fully saturated rings. The van der Waals surface area contributed by atoms with Crippen LogP contribution < -0.4 is 11.3 Å². The molecule has 8 heteroatoms. The number of hydrogen-bond donors (Lipinski definition) is 2. The van der Waals surface area contributed by atoms with Gasteiger partial charge in [-0.1, -0.05) is 0 Å². The van der Waals surface area contributed by atoms with Crippen LogP contribution in [0, 0.1) is 0 Å². The Morgan fingerprint density at radius 3 is 2.71 bits per heavy atom. The van der Waals surface area contributed by atoms with Crippen LogP contribution in [0.25, 0.3) is 0 Å². The Hall–Kier alpha value is -1.22. The van der Waals surface area contributed by atoms with Gasteiger partial charge in [-0.3, -0.25) is 4.79 Å². The van der Waals surface area contributed by atoms with Gasteiger partial charge in [0.05, 0.1) is 12.2 Å². The number of halogens is 1. The molecule has 0 radical (unpaired) electrons. The number of ether oxygens (including phenoxy) is 2. The lowest BCUT2D eigenvalue weighted by molar-refractivity contribution is 0.0674. The number of aromatic nitrogens is 1. The number of pyridine rings is 1. The molecule has 1 aromatic heterocycles. The Morgan fingerprint density at radius 1 is 1.38 bits per heavy atom. The van der Waals surface area contributed by atoms with E-state index in [-0.39, 0.29) is 5.91 Å². The molecule has 118 valence electrons. The van der Waals surface area contributed by atoms with Gasteiger partial charge in [0.15, 0.2) is 5.82 Å². The van der Waals surface area contributed by atoms with Crippen LogP contribution in [0.5, 0.6) is 0 Å². The minimum atomic E-state index is -0.148. The number of nitrogen functional groups attached to an aromatic ring is 1. The lowest BCUT2D eigenvalue weighted by Crippen LogP contribution is -2.36. The molecule has 0 unspecified atom stereocenters. The number of nitrogens with one attached hydrogen (secondary N) is 1. The molecule has 0 spiro atoms. The van der Waals surface area contributed by atoms with Crippen LogP contribution in [0.2, 0.25) is 0 Å². The summed E-state index contributed by atoms with van der Waals surface area (Å²) in [5.41, 5.74) is 2.86. The highest BCUT2D eigenvalue weighted by molar-refractivity contribution is 9.10. The summed E-state index contributed by atoms with van der Waals surface area (Å²) in [4.78, 5) is 18.4. The quantitative estimate of drug-likeness (QED) is 0.391. The summed E-state index contributed by atoms with van der Waals surface area (Å²) in [6, 6.07) is 1.70. The number of nitrogens with two attached hydrogens (primary N) is 1. The Bertz CT molecular complexity index is 459. The maximum Gasteiger partial charge on any atom is 0.257 e. The minimum absolute atomic E-state index is 0.148. The fraction of sp³-hybridized carbons (Fsp3) is 0.538. The van der Waals surface area contributed by atoms with Gasteiger partial charge in [-0.25, -0.2) is 10.8 Å². The molecule has 0 saturated heterocycles. The normalized spacial score (nSPS) is 10.5. The third-order valence-corrected chi connectivity index (χ3v) is 3.28. The Morgan fingerprint density at radius 2 is 2.10 bits per heavy atom. The summed E-state index contributed by atoms with van der Waals surface area (Å²) in [6.45, 7) is 2.13. The van der Waals surface area contributed by atoms with E-state index >= 15 is 0 Å². The van der Waals surface area contributed by atoms with Gasteiger partial charge in [0.2, 0.25) is 0 Å². The summed E-state index contributed by atoms with van der Waals surface area (Å²) in [5.74, 6) is 5.61. The molecule has 0 aliphatic rings. The maximum atomic E-state index is 12.7. The first-order chi connectivity index (χ1) is 10.1. The first-order valence-electron chi connectivity index (χ1n) is 6.53. The van der Waals surface area contributed by atoms with E-state index in [1.807, 2.05) is 0 Å². The van der Waals surface area contributed by atoms with Crippen LogP contribution in [0.3, 0.4) is 0 Å². The highest BCUT2D eigenvalue weighted by atomic mass is 79.9. The van der Waals surface area contributed by atoms with Crippen molar-refractivity contribution < 1.29 is 14.3 Å². The molecule has 7 nitrogen and oxygen atoms in total.